The van der Waals surface area contributed by atoms with Crippen molar-refractivity contribution < 1.29 is 5.11 Å². The summed E-state index contributed by atoms with van der Waals surface area (Å²) in [5.41, 5.74) is 0.628. The SMILES string of the molecule is OCC1CCCN1c1ccc2nnnn2n1. The molecule has 0 saturated carbocycles. The van der Waals surface area contributed by atoms with E-state index in [1.807, 2.05) is 12.1 Å². The molecule has 1 unspecified atom stereocenters. The van der Waals surface area contributed by atoms with Crippen molar-refractivity contribution in [2.45, 2.75) is 18.9 Å². The number of rotatable bonds is 2. The number of hydrogen-bond donors (Lipinski definition) is 1. The largest absolute Gasteiger partial charge is 0.394 e. The summed E-state index contributed by atoms with van der Waals surface area (Å²) in [7, 11) is 0. The number of tetrazole rings is 1. The predicted octanol–water partition coefficient (Wildman–Crippen LogP) is -0.520. The number of fused-ring (bicyclic) bond motifs is 1. The lowest BCUT2D eigenvalue weighted by Crippen LogP contribution is -2.33. The molecule has 3 rings (SSSR count). The lowest BCUT2D eigenvalue weighted by molar-refractivity contribution is 0.266. The molecule has 1 N–H and O–H groups in total. The summed E-state index contributed by atoms with van der Waals surface area (Å²) in [6.45, 7) is 1.08. The van der Waals surface area contributed by atoms with E-state index in [1.165, 1.54) is 4.63 Å². The Balaban J connectivity index is 1.98. The normalized spacial score (nSPS) is 20.8. The molecule has 0 bridgehead atoms. The van der Waals surface area contributed by atoms with Crippen molar-refractivity contribution in [1.82, 2.24) is 25.3 Å². The Morgan fingerprint density at radius 2 is 2.38 bits per heavy atom. The highest BCUT2D eigenvalue weighted by atomic mass is 16.3. The predicted molar refractivity (Wildman–Crippen MR) is 56.0 cm³/mol. The molecule has 1 atom stereocenters. The highest BCUT2D eigenvalue weighted by molar-refractivity contribution is 5.45. The van der Waals surface area contributed by atoms with Crippen LogP contribution < -0.4 is 4.90 Å². The van der Waals surface area contributed by atoms with Gasteiger partial charge in [-0.2, -0.15) is 0 Å². The summed E-state index contributed by atoms with van der Waals surface area (Å²) in [5.74, 6) is 0.816. The fourth-order valence-corrected chi connectivity index (χ4v) is 2.12. The summed E-state index contributed by atoms with van der Waals surface area (Å²) >= 11 is 0. The van der Waals surface area contributed by atoms with Gasteiger partial charge in [0.25, 0.3) is 0 Å². The monoisotopic (exact) mass is 220 g/mol. The Kier molecular flexibility index (Phi) is 2.17. The van der Waals surface area contributed by atoms with Crippen LogP contribution in [0.3, 0.4) is 0 Å². The first-order valence-electron chi connectivity index (χ1n) is 5.31. The zero-order chi connectivity index (χ0) is 11.0. The van der Waals surface area contributed by atoms with Crippen LogP contribution in [0.1, 0.15) is 12.8 Å². The Morgan fingerprint density at radius 3 is 3.25 bits per heavy atom. The first kappa shape index (κ1) is 9.46. The van der Waals surface area contributed by atoms with Gasteiger partial charge in [0.05, 0.1) is 12.6 Å². The minimum Gasteiger partial charge on any atom is -0.394 e. The Hall–Kier alpha value is -1.76. The van der Waals surface area contributed by atoms with E-state index in [0.29, 0.717) is 5.65 Å². The molecule has 2 aromatic heterocycles. The van der Waals surface area contributed by atoms with Gasteiger partial charge in [-0.25, -0.2) is 0 Å². The molecule has 84 valence electrons. The van der Waals surface area contributed by atoms with E-state index in [9.17, 15) is 5.11 Å². The first-order chi connectivity index (χ1) is 7.88. The maximum atomic E-state index is 9.25. The van der Waals surface area contributed by atoms with Crippen molar-refractivity contribution >= 4 is 11.5 Å². The van der Waals surface area contributed by atoms with Crippen LogP contribution in [0.5, 0.6) is 0 Å². The Bertz CT molecular complexity index is 497. The van der Waals surface area contributed by atoms with Gasteiger partial charge in [-0.15, -0.1) is 14.8 Å². The van der Waals surface area contributed by atoms with E-state index < -0.39 is 0 Å². The maximum Gasteiger partial charge on any atom is 0.200 e. The molecule has 3 heterocycles. The van der Waals surface area contributed by atoms with Crippen molar-refractivity contribution in [3.05, 3.63) is 12.1 Å². The second-order valence-electron chi connectivity index (χ2n) is 3.89. The van der Waals surface area contributed by atoms with Gasteiger partial charge in [0, 0.05) is 6.54 Å². The molecular formula is C9H12N6O. The Labute approximate surface area is 91.7 Å². The minimum absolute atomic E-state index is 0.162. The van der Waals surface area contributed by atoms with E-state index in [-0.39, 0.29) is 12.6 Å². The minimum atomic E-state index is 0.162. The van der Waals surface area contributed by atoms with E-state index >= 15 is 0 Å². The van der Waals surface area contributed by atoms with Gasteiger partial charge in [0.2, 0.25) is 0 Å². The van der Waals surface area contributed by atoms with Gasteiger partial charge in [-0.3, -0.25) is 0 Å². The smallest absolute Gasteiger partial charge is 0.200 e. The van der Waals surface area contributed by atoms with Gasteiger partial charge < -0.3 is 10.0 Å². The molecule has 7 nitrogen and oxygen atoms in total. The molecule has 0 radical (unpaired) electrons. The quantitative estimate of drug-likeness (QED) is 0.733. The third-order valence-corrected chi connectivity index (χ3v) is 2.94. The number of aliphatic hydroxyl groups is 1. The van der Waals surface area contributed by atoms with Crippen molar-refractivity contribution in [3.63, 3.8) is 0 Å². The zero-order valence-electron chi connectivity index (χ0n) is 8.69. The molecule has 1 aliphatic rings. The third kappa shape index (κ3) is 1.40. The summed E-state index contributed by atoms with van der Waals surface area (Å²) < 4.78 is 1.40. The van der Waals surface area contributed by atoms with Crippen LogP contribution in [-0.2, 0) is 0 Å². The number of hydrogen-bond acceptors (Lipinski definition) is 6. The topological polar surface area (TPSA) is 79.4 Å². The highest BCUT2D eigenvalue weighted by Crippen LogP contribution is 2.22. The van der Waals surface area contributed by atoms with Gasteiger partial charge in [-0.05, 0) is 35.4 Å². The molecule has 1 fully saturated rings. The standard InChI is InChI=1S/C9H12N6O/c16-6-7-2-1-5-14(7)9-4-3-8-10-12-13-15(8)11-9/h3-4,7,16H,1-2,5-6H2. The van der Waals surface area contributed by atoms with Crippen LogP contribution >= 0.6 is 0 Å². The average molecular weight is 220 g/mol. The number of anilines is 1. The first-order valence-corrected chi connectivity index (χ1v) is 5.31. The summed E-state index contributed by atoms with van der Waals surface area (Å²) in [5, 5.41) is 24.7. The van der Waals surface area contributed by atoms with Crippen molar-refractivity contribution in [2.75, 3.05) is 18.1 Å². The lowest BCUT2D eigenvalue weighted by atomic mass is 10.2. The Morgan fingerprint density at radius 1 is 1.44 bits per heavy atom. The molecule has 16 heavy (non-hydrogen) atoms. The van der Waals surface area contributed by atoms with Crippen LogP contribution in [0.4, 0.5) is 5.82 Å². The highest BCUT2D eigenvalue weighted by Gasteiger charge is 2.25. The van der Waals surface area contributed by atoms with Gasteiger partial charge in [0.15, 0.2) is 11.5 Å². The van der Waals surface area contributed by atoms with Crippen LogP contribution in [0.2, 0.25) is 0 Å². The average Bonchev–Trinajstić information content (AvgIpc) is 2.96. The number of aromatic nitrogens is 5. The summed E-state index contributed by atoms with van der Waals surface area (Å²) in [6, 6.07) is 3.89. The van der Waals surface area contributed by atoms with Gasteiger partial charge in [-0.1, -0.05) is 0 Å². The summed E-state index contributed by atoms with van der Waals surface area (Å²) in [6.07, 6.45) is 2.09. The molecule has 0 amide bonds. The molecule has 7 heteroatoms. The second kappa shape index (κ2) is 3.67. The van der Waals surface area contributed by atoms with Gasteiger partial charge >= 0.3 is 0 Å². The van der Waals surface area contributed by atoms with E-state index in [0.717, 1.165) is 25.2 Å². The fourth-order valence-electron chi connectivity index (χ4n) is 2.12. The second-order valence-corrected chi connectivity index (χ2v) is 3.89. The number of nitrogens with zero attached hydrogens (tertiary/aromatic N) is 6. The van der Waals surface area contributed by atoms with Crippen LogP contribution in [0.25, 0.3) is 5.65 Å². The van der Waals surface area contributed by atoms with Crippen molar-refractivity contribution in [3.8, 4) is 0 Å². The van der Waals surface area contributed by atoms with Crippen LogP contribution in [0.15, 0.2) is 12.1 Å². The third-order valence-electron chi connectivity index (χ3n) is 2.94. The number of aliphatic hydroxyl groups excluding tert-OH is 1. The van der Waals surface area contributed by atoms with Crippen LogP contribution in [0, 0.1) is 0 Å². The molecule has 1 aliphatic heterocycles. The molecule has 0 spiro atoms. The maximum absolute atomic E-state index is 9.25. The molecule has 0 aromatic carbocycles. The van der Waals surface area contributed by atoms with Crippen molar-refractivity contribution in [1.29, 1.82) is 0 Å². The fraction of sp³-hybridized carbons (Fsp3) is 0.556. The molecule has 1 saturated heterocycles. The zero-order valence-corrected chi connectivity index (χ0v) is 8.69. The molecule has 0 aliphatic carbocycles. The van der Waals surface area contributed by atoms with Crippen molar-refractivity contribution in [2.24, 2.45) is 0 Å². The van der Waals surface area contributed by atoms with Gasteiger partial charge in [0.1, 0.15) is 0 Å². The molecular weight excluding hydrogens is 208 g/mol. The van der Waals surface area contributed by atoms with Crippen LogP contribution in [-0.4, -0.2) is 49.6 Å². The molecule has 2 aromatic rings. The van der Waals surface area contributed by atoms with E-state index in [4.69, 9.17) is 0 Å². The van der Waals surface area contributed by atoms with E-state index in [2.05, 4.69) is 25.5 Å². The lowest BCUT2D eigenvalue weighted by Gasteiger charge is -2.23. The summed E-state index contributed by atoms with van der Waals surface area (Å²) in [4.78, 5) is 2.10. The van der Waals surface area contributed by atoms with E-state index in [1.54, 1.807) is 0 Å².